The molecule has 0 spiro atoms. The lowest BCUT2D eigenvalue weighted by atomic mass is 9.83. The number of carbonyl (C=O) groups is 1. The molecule has 2 saturated carbocycles. The molecule has 2 bridgehead atoms. The van der Waals surface area contributed by atoms with Crippen molar-refractivity contribution in [3.8, 4) is 0 Å². The molecular formula is C16H28N2O. The van der Waals surface area contributed by atoms with Gasteiger partial charge in [-0.3, -0.25) is 4.79 Å². The molecule has 3 nitrogen and oxygen atoms in total. The van der Waals surface area contributed by atoms with Crippen molar-refractivity contribution in [2.24, 2.45) is 23.5 Å². The Labute approximate surface area is 116 Å². The number of hydrogen-bond donors (Lipinski definition) is 1. The van der Waals surface area contributed by atoms with Gasteiger partial charge in [0, 0.05) is 25.0 Å². The highest BCUT2D eigenvalue weighted by Gasteiger charge is 2.41. The molecular weight excluding hydrogens is 236 g/mol. The lowest BCUT2D eigenvalue weighted by molar-refractivity contribution is -0.132. The van der Waals surface area contributed by atoms with E-state index in [-0.39, 0.29) is 6.04 Å². The molecule has 2 N–H and O–H groups in total. The maximum absolute atomic E-state index is 12.2. The number of amides is 1. The van der Waals surface area contributed by atoms with Crippen molar-refractivity contribution in [3.63, 3.8) is 0 Å². The van der Waals surface area contributed by atoms with E-state index in [1.807, 2.05) is 6.92 Å². The first kappa shape index (κ1) is 13.4. The van der Waals surface area contributed by atoms with Crippen LogP contribution in [0.4, 0.5) is 0 Å². The predicted molar refractivity (Wildman–Crippen MR) is 76.6 cm³/mol. The van der Waals surface area contributed by atoms with E-state index in [2.05, 4.69) is 4.90 Å². The zero-order chi connectivity index (χ0) is 13.4. The van der Waals surface area contributed by atoms with Crippen LogP contribution in [0.1, 0.15) is 58.3 Å². The third-order valence-corrected chi connectivity index (χ3v) is 5.65. The van der Waals surface area contributed by atoms with Gasteiger partial charge in [-0.1, -0.05) is 6.42 Å². The van der Waals surface area contributed by atoms with Crippen LogP contribution >= 0.6 is 0 Å². The topological polar surface area (TPSA) is 46.3 Å². The van der Waals surface area contributed by atoms with Crippen LogP contribution in [0.2, 0.25) is 0 Å². The quantitative estimate of drug-likeness (QED) is 0.848. The number of hydrogen-bond acceptors (Lipinski definition) is 2. The molecule has 108 valence electrons. The lowest BCUT2D eigenvalue weighted by Gasteiger charge is -2.30. The minimum Gasteiger partial charge on any atom is -0.340 e. The maximum atomic E-state index is 12.2. The van der Waals surface area contributed by atoms with Crippen LogP contribution in [0, 0.1) is 17.8 Å². The van der Waals surface area contributed by atoms with Gasteiger partial charge in [0.1, 0.15) is 0 Å². The molecule has 3 rings (SSSR count). The van der Waals surface area contributed by atoms with Crippen LogP contribution in [0.3, 0.4) is 0 Å². The summed E-state index contributed by atoms with van der Waals surface area (Å²) in [5.41, 5.74) is 5.77. The largest absolute Gasteiger partial charge is 0.340 e. The molecule has 1 aliphatic heterocycles. The Hall–Kier alpha value is -0.570. The average molecular weight is 264 g/mol. The normalized spacial score (nSPS) is 38.9. The Balaban J connectivity index is 1.56. The van der Waals surface area contributed by atoms with E-state index in [0.29, 0.717) is 18.4 Å². The van der Waals surface area contributed by atoms with Crippen LogP contribution in [-0.2, 0) is 4.79 Å². The standard InChI is InChI=1S/C16H28N2O/c1-11(17)7-16(19)18-6-2-3-15(18)10-14-9-12-4-5-13(14)8-12/h11-15H,2-10,17H2,1H3. The van der Waals surface area contributed by atoms with Gasteiger partial charge >= 0.3 is 0 Å². The molecule has 3 fully saturated rings. The van der Waals surface area contributed by atoms with Crippen molar-refractivity contribution >= 4 is 5.91 Å². The molecule has 5 unspecified atom stereocenters. The first-order valence-electron chi connectivity index (χ1n) is 8.18. The summed E-state index contributed by atoms with van der Waals surface area (Å²) in [6.07, 6.45) is 10.0. The van der Waals surface area contributed by atoms with Crippen LogP contribution < -0.4 is 5.73 Å². The number of rotatable bonds is 4. The Morgan fingerprint density at radius 1 is 1.32 bits per heavy atom. The van der Waals surface area contributed by atoms with E-state index < -0.39 is 0 Å². The molecule has 1 saturated heterocycles. The highest BCUT2D eigenvalue weighted by Crippen LogP contribution is 2.50. The van der Waals surface area contributed by atoms with E-state index in [4.69, 9.17) is 5.73 Å². The molecule has 1 heterocycles. The fourth-order valence-electron chi connectivity index (χ4n) is 4.82. The highest BCUT2D eigenvalue weighted by molar-refractivity contribution is 5.77. The second kappa shape index (κ2) is 5.43. The van der Waals surface area contributed by atoms with Gasteiger partial charge in [0.2, 0.25) is 5.91 Å². The molecule has 0 aromatic heterocycles. The third kappa shape index (κ3) is 2.81. The summed E-state index contributed by atoms with van der Waals surface area (Å²) < 4.78 is 0. The van der Waals surface area contributed by atoms with Gasteiger partial charge in [-0.2, -0.15) is 0 Å². The molecule has 5 atom stereocenters. The van der Waals surface area contributed by atoms with Gasteiger partial charge in [0.05, 0.1) is 0 Å². The Bertz CT molecular complexity index is 342. The van der Waals surface area contributed by atoms with Crippen molar-refractivity contribution in [1.82, 2.24) is 4.90 Å². The summed E-state index contributed by atoms with van der Waals surface area (Å²) in [5.74, 6) is 3.20. The second-order valence-electron chi connectivity index (χ2n) is 7.24. The van der Waals surface area contributed by atoms with E-state index in [0.717, 1.165) is 24.3 Å². The van der Waals surface area contributed by atoms with Crippen molar-refractivity contribution < 1.29 is 4.79 Å². The van der Waals surface area contributed by atoms with E-state index in [1.54, 1.807) is 0 Å². The summed E-state index contributed by atoms with van der Waals surface area (Å²) in [7, 11) is 0. The summed E-state index contributed by atoms with van der Waals surface area (Å²) in [4.78, 5) is 14.4. The zero-order valence-electron chi connectivity index (χ0n) is 12.2. The smallest absolute Gasteiger partial charge is 0.224 e. The molecule has 3 aliphatic rings. The lowest BCUT2D eigenvalue weighted by Crippen LogP contribution is -2.39. The number of nitrogens with two attached hydrogens (primary N) is 1. The number of likely N-dealkylation sites (tertiary alicyclic amines) is 1. The second-order valence-corrected chi connectivity index (χ2v) is 7.24. The van der Waals surface area contributed by atoms with Crippen molar-refractivity contribution in [2.45, 2.75) is 70.4 Å². The minimum absolute atomic E-state index is 0.00348. The Kier molecular flexibility index (Phi) is 3.84. The molecule has 19 heavy (non-hydrogen) atoms. The number of fused-ring (bicyclic) bond motifs is 2. The summed E-state index contributed by atoms with van der Waals surface area (Å²) in [6, 6.07) is 0.520. The van der Waals surface area contributed by atoms with Crippen LogP contribution in [0.5, 0.6) is 0 Å². The fourth-order valence-corrected chi connectivity index (χ4v) is 4.82. The fraction of sp³-hybridized carbons (Fsp3) is 0.938. The highest BCUT2D eigenvalue weighted by atomic mass is 16.2. The first-order valence-corrected chi connectivity index (χ1v) is 8.18. The van der Waals surface area contributed by atoms with Gasteiger partial charge in [0.15, 0.2) is 0 Å². The number of nitrogens with zero attached hydrogens (tertiary/aromatic N) is 1. The Morgan fingerprint density at radius 2 is 2.16 bits per heavy atom. The van der Waals surface area contributed by atoms with Crippen molar-refractivity contribution in [3.05, 3.63) is 0 Å². The van der Waals surface area contributed by atoms with Crippen LogP contribution in [0.25, 0.3) is 0 Å². The van der Waals surface area contributed by atoms with Gasteiger partial charge in [-0.15, -0.1) is 0 Å². The SMILES string of the molecule is CC(N)CC(=O)N1CCCC1CC1CC2CCC1C2. The Morgan fingerprint density at radius 3 is 2.79 bits per heavy atom. The van der Waals surface area contributed by atoms with Gasteiger partial charge in [-0.05, 0) is 63.2 Å². The first-order chi connectivity index (χ1) is 9.13. The van der Waals surface area contributed by atoms with Crippen molar-refractivity contribution in [1.29, 1.82) is 0 Å². The maximum Gasteiger partial charge on any atom is 0.224 e. The summed E-state index contributed by atoms with van der Waals surface area (Å²) >= 11 is 0. The van der Waals surface area contributed by atoms with E-state index in [9.17, 15) is 4.79 Å². The van der Waals surface area contributed by atoms with Gasteiger partial charge in [-0.25, -0.2) is 0 Å². The molecule has 1 amide bonds. The zero-order valence-corrected chi connectivity index (χ0v) is 12.2. The van der Waals surface area contributed by atoms with Crippen LogP contribution in [0.15, 0.2) is 0 Å². The van der Waals surface area contributed by atoms with E-state index >= 15 is 0 Å². The summed E-state index contributed by atoms with van der Waals surface area (Å²) in [5, 5.41) is 0. The summed E-state index contributed by atoms with van der Waals surface area (Å²) in [6.45, 7) is 2.90. The van der Waals surface area contributed by atoms with Crippen molar-refractivity contribution in [2.75, 3.05) is 6.54 Å². The number of carbonyl (C=O) groups excluding carboxylic acids is 1. The van der Waals surface area contributed by atoms with E-state index in [1.165, 1.54) is 44.9 Å². The van der Waals surface area contributed by atoms with Gasteiger partial charge < -0.3 is 10.6 Å². The van der Waals surface area contributed by atoms with Crippen LogP contribution in [-0.4, -0.2) is 29.4 Å². The van der Waals surface area contributed by atoms with Gasteiger partial charge in [0.25, 0.3) is 0 Å². The predicted octanol–water partition coefficient (Wildman–Crippen LogP) is 2.54. The molecule has 0 radical (unpaired) electrons. The third-order valence-electron chi connectivity index (χ3n) is 5.65. The average Bonchev–Trinajstić information content (AvgIpc) is 3.02. The molecule has 0 aromatic rings. The molecule has 2 aliphatic carbocycles. The minimum atomic E-state index is -0.00348. The molecule has 3 heteroatoms. The monoisotopic (exact) mass is 264 g/mol. The molecule has 0 aromatic carbocycles.